The maximum absolute atomic E-state index is 12.8. The molecule has 0 saturated carbocycles. The Morgan fingerprint density at radius 3 is 2.76 bits per heavy atom. The van der Waals surface area contributed by atoms with Gasteiger partial charge in [-0.2, -0.15) is 0 Å². The lowest BCUT2D eigenvalue weighted by molar-refractivity contribution is -0.127. The number of urea groups is 1. The number of rotatable bonds is 4. The Kier molecular flexibility index (Phi) is 5.02. The Bertz CT molecular complexity index is 1140. The van der Waals surface area contributed by atoms with E-state index in [2.05, 4.69) is 0 Å². The van der Waals surface area contributed by atoms with E-state index in [1.807, 2.05) is 47.7 Å². The molecule has 5 rings (SSSR count). The lowest BCUT2D eigenvalue weighted by atomic mass is 10.0. The molecule has 0 radical (unpaired) electrons. The maximum atomic E-state index is 12.8. The van der Waals surface area contributed by atoms with Crippen LogP contribution in [-0.2, 0) is 16.1 Å². The number of ether oxygens (including phenoxy) is 1. The average molecular weight is 453 g/mol. The summed E-state index contributed by atoms with van der Waals surface area (Å²) in [5.41, 5.74) is 7.27. The molecule has 0 bridgehead atoms. The topological polar surface area (TPSA) is 114 Å². The fourth-order valence-corrected chi connectivity index (χ4v) is 5.03. The van der Waals surface area contributed by atoms with Crippen LogP contribution in [0.4, 0.5) is 16.3 Å². The summed E-state index contributed by atoms with van der Waals surface area (Å²) < 4.78 is 7.97. The summed E-state index contributed by atoms with van der Waals surface area (Å²) in [6, 6.07) is 4.54. The highest BCUT2D eigenvalue weighted by Gasteiger charge is 2.46. The molecule has 10 heteroatoms. The summed E-state index contributed by atoms with van der Waals surface area (Å²) in [7, 11) is 1.50. The van der Waals surface area contributed by atoms with Crippen LogP contribution in [0, 0.1) is 5.92 Å². The largest absolute Gasteiger partial charge is 0.491 e. The molecule has 0 aliphatic carbocycles. The highest BCUT2D eigenvalue weighted by atomic mass is 16.5. The molecular formula is C23H28N6O4. The first-order valence-electron chi connectivity index (χ1n) is 11.3. The summed E-state index contributed by atoms with van der Waals surface area (Å²) in [5.74, 6) is 1.20. The van der Waals surface area contributed by atoms with E-state index in [9.17, 15) is 14.4 Å². The predicted molar refractivity (Wildman–Crippen MR) is 122 cm³/mol. The molecule has 2 saturated heterocycles. The van der Waals surface area contributed by atoms with Gasteiger partial charge >= 0.3 is 6.03 Å². The number of nitrogens with two attached hydrogens (primary N) is 1. The second kappa shape index (κ2) is 7.79. The summed E-state index contributed by atoms with van der Waals surface area (Å²) in [4.78, 5) is 46.8. The molecule has 2 atom stereocenters. The first-order valence-corrected chi connectivity index (χ1v) is 11.3. The van der Waals surface area contributed by atoms with E-state index in [1.165, 1.54) is 11.9 Å². The van der Waals surface area contributed by atoms with Crippen LogP contribution < -0.4 is 20.3 Å². The van der Waals surface area contributed by atoms with Gasteiger partial charge in [0.05, 0.1) is 12.1 Å². The van der Waals surface area contributed by atoms with E-state index in [4.69, 9.17) is 15.5 Å². The predicted octanol–water partition coefficient (Wildman–Crippen LogP) is 1.82. The third-order valence-corrected chi connectivity index (χ3v) is 6.71. The Morgan fingerprint density at radius 1 is 1.24 bits per heavy atom. The Labute approximate surface area is 191 Å². The first-order chi connectivity index (χ1) is 15.8. The molecule has 4 amide bonds. The van der Waals surface area contributed by atoms with Crippen molar-refractivity contribution in [3.8, 4) is 17.1 Å². The third-order valence-electron chi connectivity index (χ3n) is 6.71. The van der Waals surface area contributed by atoms with Crippen molar-refractivity contribution in [2.75, 3.05) is 30.0 Å². The van der Waals surface area contributed by atoms with Crippen molar-refractivity contribution in [2.45, 2.75) is 45.3 Å². The fraction of sp³-hybridized carbons (Fsp3) is 0.478. The van der Waals surface area contributed by atoms with Gasteiger partial charge in [0.1, 0.15) is 30.3 Å². The van der Waals surface area contributed by atoms with E-state index < -0.39 is 6.04 Å². The van der Waals surface area contributed by atoms with Crippen LogP contribution in [0.15, 0.2) is 24.4 Å². The van der Waals surface area contributed by atoms with E-state index >= 15 is 0 Å². The number of likely N-dealkylation sites (N-methyl/N-ethyl adjacent to an activating group) is 1. The molecular weight excluding hydrogens is 424 g/mol. The smallest absolute Gasteiger partial charge is 0.332 e. The number of hydrogen-bond acceptors (Lipinski definition) is 6. The second-order valence-electron chi connectivity index (χ2n) is 9.14. The van der Waals surface area contributed by atoms with Crippen molar-refractivity contribution >= 4 is 29.4 Å². The minimum absolute atomic E-state index is 0.0512. The molecule has 33 heavy (non-hydrogen) atoms. The van der Waals surface area contributed by atoms with Crippen molar-refractivity contribution in [1.29, 1.82) is 0 Å². The number of anilines is 2. The summed E-state index contributed by atoms with van der Waals surface area (Å²) in [6.45, 7) is 5.59. The lowest BCUT2D eigenvalue weighted by Crippen LogP contribution is -2.40. The van der Waals surface area contributed by atoms with Gasteiger partial charge in [0.15, 0.2) is 5.82 Å². The Morgan fingerprint density at radius 2 is 2.03 bits per heavy atom. The molecule has 10 nitrogen and oxygen atoms in total. The molecule has 1 aromatic carbocycles. The average Bonchev–Trinajstić information content (AvgIpc) is 3.45. The van der Waals surface area contributed by atoms with E-state index in [1.54, 1.807) is 0 Å². The Balaban J connectivity index is 1.53. The minimum atomic E-state index is -0.583. The number of benzene rings is 1. The summed E-state index contributed by atoms with van der Waals surface area (Å²) >= 11 is 0. The van der Waals surface area contributed by atoms with Crippen molar-refractivity contribution in [3.63, 3.8) is 0 Å². The number of primary amides is 1. The van der Waals surface area contributed by atoms with Crippen LogP contribution in [-0.4, -0.2) is 64.6 Å². The Hall–Kier alpha value is -3.56. The molecule has 174 valence electrons. The fourth-order valence-electron chi connectivity index (χ4n) is 5.03. The third kappa shape index (κ3) is 3.32. The standard InChI is InChI=1S/C23H28N6O4/c1-13(2)19-22(31)26(3)23(32)29(19)18-12-27-9-10-33-17-11-14(6-7-15(17)21(27)25-18)28-8-4-5-16(28)20(24)30/h6-7,11-13,16,19H,4-5,8-10H2,1-3H3,(H2,24,30)/t16-,19?/m0/s1. The van der Waals surface area contributed by atoms with Crippen LogP contribution in [0.3, 0.4) is 0 Å². The molecule has 1 aromatic heterocycles. The molecule has 0 spiro atoms. The van der Waals surface area contributed by atoms with Gasteiger partial charge in [-0.3, -0.25) is 19.4 Å². The number of imide groups is 1. The quantitative estimate of drug-likeness (QED) is 0.708. The van der Waals surface area contributed by atoms with Crippen LogP contribution in [0.2, 0.25) is 0 Å². The van der Waals surface area contributed by atoms with Gasteiger partial charge in [-0.05, 0) is 30.9 Å². The van der Waals surface area contributed by atoms with Gasteiger partial charge in [0.25, 0.3) is 5.91 Å². The van der Waals surface area contributed by atoms with Crippen molar-refractivity contribution < 1.29 is 19.1 Å². The van der Waals surface area contributed by atoms with Gasteiger partial charge in [0, 0.05) is 31.5 Å². The van der Waals surface area contributed by atoms with Crippen molar-refractivity contribution in [3.05, 3.63) is 24.4 Å². The zero-order valence-electron chi connectivity index (χ0n) is 19.0. The zero-order valence-corrected chi connectivity index (χ0v) is 19.0. The summed E-state index contributed by atoms with van der Waals surface area (Å²) in [6.07, 6.45) is 3.47. The van der Waals surface area contributed by atoms with E-state index in [0.717, 1.165) is 35.5 Å². The number of imidazole rings is 1. The number of aromatic nitrogens is 2. The number of carbonyl (C=O) groups is 3. The molecule has 2 aromatic rings. The van der Waals surface area contributed by atoms with Crippen LogP contribution in [0.1, 0.15) is 26.7 Å². The van der Waals surface area contributed by atoms with Gasteiger partial charge in [-0.1, -0.05) is 13.8 Å². The molecule has 3 aliphatic rings. The van der Waals surface area contributed by atoms with Gasteiger partial charge in [0.2, 0.25) is 5.91 Å². The van der Waals surface area contributed by atoms with Crippen molar-refractivity contribution in [2.24, 2.45) is 11.7 Å². The second-order valence-corrected chi connectivity index (χ2v) is 9.14. The molecule has 4 heterocycles. The van der Waals surface area contributed by atoms with Gasteiger partial charge in [-0.15, -0.1) is 0 Å². The molecule has 2 N–H and O–H groups in total. The first kappa shape index (κ1) is 21.3. The number of nitrogens with zero attached hydrogens (tertiary/aromatic N) is 5. The normalized spacial score (nSPS) is 22.5. The van der Waals surface area contributed by atoms with E-state index in [-0.39, 0.29) is 29.8 Å². The number of hydrogen-bond donors (Lipinski definition) is 1. The molecule has 3 aliphatic heterocycles. The van der Waals surface area contributed by atoms with Crippen LogP contribution in [0.5, 0.6) is 5.75 Å². The van der Waals surface area contributed by atoms with E-state index in [0.29, 0.717) is 30.5 Å². The zero-order chi connectivity index (χ0) is 23.4. The monoisotopic (exact) mass is 452 g/mol. The molecule has 2 fully saturated rings. The highest BCUT2D eigenvalue weighted by molar-refractivity contribution is 6.13. The minimum Gasteiger partial charge on any atom is -0.491 e. The lowest BCUT2D eigenvalue weighted by Gasteiger charge is -2.25. The van der Waals surface area contributed by atoms with Crippen LogP contribution in [0.25, 0.3) is 11.4 Å². The number of carbonyl (C=O) groups excluding carboxylic acids is 3. The SMILES string of the molecule is CC(C)C1C(=O)N(C)C(=O)N1c1cn2c(n1)-c1ccc(N3CCC[C@H]3C(N)=O)cc1OCC2. The maximum Gasteiger partial charge on any atom is 0.332 e. The van der Waals surface area contributed by atoms with Crippen molar-refractivity contribution in [1.82, 2.24) is 14.5 Å². The highest BCUT2D eigenvalue weighted by Crippen LogP contribution is 2.39. The van der Waals surface area contributed by atoms with Gasteiger partial charge < -0.3 is 19.9 Å². The molecule has 1 unspecified atom stereocenters. The number of amides is 4. The summed E-state index contributed by atoms with van der Waals surface area (Å²) in [5, 5.41) is 0. The van der Waals surface area contributed by atoms with Crippen LogP contribution >= 0.6 is 0 Å². The van der Waals surface area contributed by atoms with Gasteiger partial charge in [-0.25, -0.2) is 9.78 Å². The number of fused-ring (bicyclic) bond motifs is 3.